The van der Waals surface area contributed by atoms with Gasteiger partial charge in [0.25, 0.3) is 0 Å². The highest BCUT2D eigenvalue weighted by Crippen LogP contribution is 2.29. The molecule has 1 unspecified atom stereocenters. The summed E-state index contributed by atoms with van der Waals surface area (Å²) in [4.78, 5) is 17.5. The van der Waals surface area contributed by atoms with Crippen LogP contribution in [0.2, 0.25) is 5.02 Å². The molecule has 2 aliphatic heterocycles. The third kappa shape index (κ3) is 3.86. The molecule has 25 heavy (non-hydrogen) atoms. The van der Waals surface area contributed by atoms with Crippen LogP contribution in [0.5, 0.6) is 0 Å². The van der Waals surface area contributed by atoms with Gasteiger partial charge in [-0.2, -0.15) is 5.10 Å². The molecule has 3 aliphatic rings. The van der Waals surface area contributed by atoms with E-state index in [4.69, 9.17) is 16.3 Å². The topological polar surface area (TPSA) is 50.6 Å². The first kappa shape index (κ1) is 17.3. The number of rotatable bonds is 4. The Morgan fingerprint density at radius 3 is 2.68 bits per heavy atom. The quantitative estimate of drug-likeness (QED) is 0.819. The maximum atomic E-state index is 13.1. The summed E-state index contributed by atoms with van der Waals surface area (Å²) in [6.07, 6.45) is 9.39. The Hall–Kier alpha value is -1.11. The first-order chi connectivity index (χ1) is 12.2. The molecule has 6 nitrogen and oxygen atoms in total. The van der Waals surface area contributed by atoms with Crippen LogP contribution in [0.25, 0.3) is 0 Å². The van der Waals surface area contributed by atoms with Crippen molar-refractivity contribution in [1.82, 2.24) is 19.6 Å². The van der Waals surface area contributed by atoms with Crippen molar-refractivity contribution in [3.05, 3.63) is 17.4 Å². The van der Waals surface area contributed by atoms with Crippen molar-refractivity contribution in [2.75, 3.05) is 39.4 Å². The standard InChI is InChI=1S/C18H27ClN4O2/c19-15-10-20-23(12-15)16-4-6-21(7-5-16)18(24)17-13-25-9-8-22(17)11-14-2-1-3-14/h10,12,14,16-17H,1-9,11,13H2. The minimum atomic E-state index is -0.0925. The van der Waals surface area contributed by atoms with Gasteiger partial charge in [-0.1, -0.05) is 18.0 Å². The zero-order valence-electron chi connectivity index (χ0n) is 14.6. The fourth-order valence-corrected chi connectivity index (χ4v) is 4.31. The summed E-state index contributed by atoms with van der Waals surface area (Å²) < 4.78 is 7.57. The van der Waals surface area contributed by atoms with Crippen LogP contribution in [0.1, 0.15) is 38.1 Å². The van der Waals surface area contributed by atoms with E-state index >= 15 is 0 Å². The number of ether oxygens (including phenoxy) is 1. The maximum Gasteiger partial charge on any atom is 0.242 e. The van der Waals surface area contributed by atoms with E-state index in [0.717, 1.165) is 51.5 Å². The molecule has 0 radical (unpaired) electrons. The monoisotopic (exact) mass is 366 g/mol. The molecule has 3 heterocycles. The summed E-state index contributed by atoms with van der Waals surface area (Å²) in [6.45, 7) is 4.81. The van der Waals surface area contributed by atoms with Gasteiger partial charge in [0.05, 0.1) is 30.5 Å². The van der Waals surface area contributed by atoms with Crippen molar-refractivity contribution >= 4 is 17.5 Å². The SMILES string of the molecule is O=C(C1COCCN1CC1CCC1)N1CCC(n2cc(Cl)cn2)CC1. The molecule has 138 valence electrons. The maximum absolute atomic E-state index is 13.1. The number of piperidine rings is 1. The molecular formula is C18H27ClN4O2. The average molecular weight is 367 g/mol. The largest absolute Gasteiger partial charge is 0.378 e. The second-order valence-electron chi connectivity index (χ2n) is 7.58. The van der Waals surface area contributed by atoms with E-state index in [1.165, 1.54) is 19.3 Å². The van der Waals surface area contributed by atoms with Gasteiger partial charge in [0.15, 0.2) is 0 Å². The van der Waals surface area contributed by atoms with Gasteiger partial charge in [-0.25, -0.2) is 0 Å². The number of nitrogens with zero attached hydrogens (tertiary/aromatic N) is 4. The Bertz CT molecular complexity index is 596. The molecule has 7 heteroatoms. The molecule has 0 spiro atoms. The molecule has 0 aromatic carbocycles. The van der Waals surface area contributed by atoms with E-state index in [2.05, 4.69) is 10.00 Å². The van der Waals surface area contributed by atoms with Crippen LogP contribution in [0.3, 0.4) is 0 Å². The number of aromatic nitrogens is 2. The van der Waals surface area contributed by atoms with Crippen molar-refractivity contribution < 1.29 is 9.53 Å². The van der Waals surface area contributed by atoms with E-state index in [9.17, 15) is 4.79 Å². The lowest BCUT2D eigenvalue weighted by Gasteiger charge is -2.42. The number of carbonyl (C=O) groups excluding carboxylic acids is 1. The zero-order valence-corrected chi connectivity index (χ0v) is 15.4. The van der Waals surface area contributed by atoms with Gasteiger partial charge < -0.3 is 9.64 Å². The summed E-state index contributed by atoms with van der Waals surface area (Å²) in [5.74, 6) is 1.03. The number of halogens is 1. The predicted octanol–water partition coefficient (Wildman–Crippen LogP) is 2.20. The molecule has 1 atom stereocenters. The first-order valence-electron chi connectivity index (χ1n) is 9.51. The fourth-order valence-electron chi connectivity index (χ4n) is 4.17. The lowest BCUT2D eigenvalue weighted by molar-refractivity contribution is -0.145. The summed E-state index contributed by atoms with van der Waals surface area (Å²) in [7, 11) is 0. The molecule has 1 aromatic heterocycles. The highest BCUT2D eigenvalue weighted by molar-refractivity contribution is 6.30. The predicted molar refractivity (Wildman–Crippen MR) is 95.6 cm³/mol. The van der Waals surface area contributed by atoms with Crippen LogP contribution in [-0.2, 0) is 9.53 Å². The zero-order chi connectivity index (χ0) is 17.2. The lowest BCUT2D eigenvalue weighted by Crippen LogP contribution is -2.57. The lowest BCUT2D eigenvalue weighted by atomic mass is 9.84. The van der Waals surface area contributed by atoms with E-state index < -0.39 is 0 Å². The average Bonchev–Trinajstić information content (AvgIpc) is 3.04. The van der Waals surface area contributed by atoms with Gasteiger partial charge in [0, 0.05) is 32.4 Å². The molecular weight excluding hydrogens is 340 g/mol. The summed E-state index contributed by atoms with van der Waals surface area (Å²) >= 11 is 5.97. The highest BCUT2D eigenvalue weighted by atomic mass is 35.5. The van der Waals surface area contributed by atoms with E-state index in [-0.39, 0.29) is 11.9 Å². The third-order valence-electron chi connectivity index (χ3n) is 5.96. The highest BCUT2D eigenvalue weighted by Gasteiger charge is 2.36. The third-order valence-corrected chi connectivity index (χ3v) is 6.16. The minimum absolute atomic E-state index is 0.0925. The molecule has 1 aromatic rings. The number of hydrogen-bond donors (Lipinski definition) is 0. The van der Waals surface area contributed by atoms with Crippen LogP contribution < -0.4 is 0 Å². The number of morpholine rings is 1. The van der Waals surface area contributed by atoms with Crippen molar-refractivity contribution in [3.63, 3.8) is 0 Å². The summed E-state index contributed by atoms with van der Waals surface area (Å²) in [5, 5.41) is 4.98. The number of carbonyl (C=O) groups is 1. The van der Waals surface area contributed by atoms with Gasteiger partial charge >= 0.3 is 0 Å². The normalized spacial score (nSPS) is 26.6. The molecule has 0 bridgehead atoms. The minimum Gasteiger partial charge on any atom is -0.378 e. The van der Waals surface area contributed by atoms with Crippen LogP contribution in [0.15, 0.2) is 12.4 Å². The number of amides is 1. The first-order valence-corrected chi connectivity index (χ1v) is 9.89. The second kappa shape index (κ2) is 7.64. The Balaban J connectivity index is 1.33. The van der Waals surface area contributed by atoms with Crippen molar-refractivity contribution in [2.24, 2.45) is 5.92 Å². The van der Waals surface area contributed by atoms with Crippen molar-refractivity contribution in [3.8, 4) is 0 Å². The van der Waals surface area contributed by atoms with Gasteiger partial charge in [0.2, 0.25) is 5.91 Å². The van der Waals surface area contributed by atoms with E-state index in [1.54, 1.807) is 6.20 Å². The number of hydrogen-bond acceptors (Lipinski definition) is 4. The van der Waals surface area contributed by atoms with Gasteiger partial charge in [-0.15, -0.1) is 0 Å². The molecule has 0 N–H and O–H groups in total. The van der Waals surface area contributed by atoms with E-state index in [0.29, 0.717) is 17.7 Å². The molecule has 1 aliphatic carbocycles. The smallest absolute Gasteiger partial charge is 0.242 e. The van der Waals surface area contributed by atoms with Crippen molar-refractivity contribution in [1.29, 1.82) is 0 Å². The van der Waals surface area contributed by atoms with Crippen molar-refractivity contribution in [2.45, 2.75) is 44.2 Å². The van der Waals surface area contributed by atoms with Gasteiger partial charge in [0.1, 0.15) is 6.04 Å². The Morgan fingerprint density at radius 1 is 1.24 bits per heavy atom. The summed E-state index contributed by atoms with van der Waals surface area (Å²) in [5.41, 5.74) is 0. The van der Waals surface area contributed by atoms with Gasteiger partial charge in [-0.05, 0) is 31.6 Å². The van der Waals surface area contributed by atoms with E-state index in [1.807, 2.05) is 15.8 Å². The Kier molecular flexibility index (Phi) is 5.29. The van der Waals surface area contributed by atoms with Crippen LogP contribution in [0.4, 0.5) is 0 Å². The van der Waals surface area contributed by atoms with Crippen LogP contribution >= 0.6 is 11.6 Å². The molecule has 1 amide bonds. The molecule has 1 saturated carbocycles. The van der Waals surface area contributed by atoms with Crippen LogP contribution in [0, 0.1) is 5.92 Å². The summed E-state index contributed by atoms with van der Waals surface area (Å²) in [6, 6.07) is 0.246. The fraction of sp³-hybridized carbons (Fsp3) is 0.778. The molecule has 4 rings (SSSR count). The van der Waals surface area contributed by atoms with Gasteiger partial charge in [-0.3, -0.25) is 14.4 Å². The van der Waals surface area contributed by atoms with Crippen LogP contribution in [-0.4, -0.2) is 70.9 Å². The Morgan fingerprint density at radius 2 is 2.04 bits per heavy atom. The molecule has 3 fully saturated rings. The number of likely N-dealkylation sites (tertiary alicyclic amines) is 1. The Labute approximate surface area is 154 Å². The molecule has 2 saturated heterocycles. The second-order valence-corrected chi connectivity index (χ2v) is 8.01.